The number of hydrogen-bond acceptors (Lipinski definition) is 3. The predicted molar refractivity (Wildman–Crippen MR) is 101 cm³/mol. The van der Waals surface area contributed by atoms with Gasteiger partial charge in [0.1, 0.15) is 0 Å². The Morgan fingerprint density at radius 3 is 2.09 bits per heavy atom. The van der Waals surface area contributed by atoms with Crippen LogP contribution in [0, 0.1) is 0 Å². The van der Waals surface area contributed by atoms with Gasteiger partial charge in [0.25, 0.3) is 0 Å². The first kappa shape index (κ1) is 16.9. The lowest BCUT2D eigenvalue weighted by atomic mass is 10.2. The number of nitrogens with one attached hydrogen (secondary N) is 1. The first-order valence-corrected chi connectivity index (χ1v) is 9.05. The molecule has 1 heterocycles. The van der Waals surface area contributed by atoms with Gasteiger partial charge < -0.3 is 20.1 Å². The van der Waals surface area contributed by atoms with Crippen molar-refractivity contribution >= 4 is 53.7 Å². The number of fused-ring (bicyclic) bond motifs is 3. The van der Waals surface area contributed by atoms with E-state index in [0.717, 1.165) is 30.8 Å². The summed E-state index contributed by atoms with van der Waals surface area (Å²) in [6.45, 7) is 1.52. The Hall–Kier alpha value is -0.920. The van der Waals surface area contributed by atoms with Gasteiger partial charge in [0.15, 0.2) is 0 Å². The Kier molecular flexibility index (Phi) is 5.38. The zero-order chi connectivity index (χ0) is 16.4. The van der Waals surface area contributed by atoms with E-state index < -0.39 is 6.10 Å². The first-order valence-electron chi connectivity index (χ1n) is 7.47. The Labute approximate surface area is 151 Å². The number of hydrogen-bond donors (Lipinski definition) is 3. The number of benzene rings is 2. The van der Waals surface area contributed by atoms with Crippen LogP contribution in [0.4, 0.5) is 0 Å². The summed E-state index contributed by atoms with van der Waals surface area (Å²) in [5.74, 6) is 0. The molecular formula is C17H18Br2N2O2. The molecule has 1 aromatic heterocycles. The summed E-state index contributed by atoms with van der Waals surface area (Å²) in [5, 5.41) is 24.5. The minimum atomic E-state index is -0.521. The molecule has 2 aromatic carbocycles. The zero-order valence-corrected chi connectivity index (χ0v) is 15.6. The van der Waals surface area contributed by atoms with E-state index >= 15 is 0 Å². The van der Waals surface area contributed by atoms with Crippen LogP contribution in [0.15, 0.2) is 45.3 Å². The molecule has 4 nitrogen and oxygen atoms in total. The summed E-state index contributed by atoms with van der Waals surface area (Å²) >= 11 is 7.07. The lowest BCUT2D eigenvalue weighted by Gasteiger charge is -2.14. The predicted octanol–water partition coefficient (Wildman–Crippen LogP) is 3.26. The highest BCUT2D eigenvalue weighted by Crippen LogP contribution is 2.33. The van der Waals surface area contributed by atoms with Gasteiger partial charge in [-0.05, 0) is 36.4 Å². The second kappa shape index (κ2) is 7.32. The molecule has 0 saturated carbocycles. The van der Waals surface area contributed by atoms with Gasteiger partial charge in [-0.15, -0.1) is 0 Å². The minimum Gasteiger partial charge on any atom is -0.395 e. The fourth-order valence-corrected chi connectivity index (χ4v) is 3.59. The normalized spacial score (nSPS) is 13.0. The summed E-state index contributed by atoms with van der Waals surface area (Å²) in [6, 6.07) is 12.4. The molecule has 122 valence electrons. The molecule has 0 radical (unpaired) electrons. The Morgan fingerprint density at radius 2 is 1.57 bits per heavy atom. The lowest BCUT2D eigenvalue weighted by molar-refractivity contribution is 0.151. The van der Waals surface area contributed by atoms with Crippen LogP contribution in [-0.4, -0.2) is 40.6 Å². The fourth-order valence-electron chi connectivity index (χ4n) is 2.87. The minimum absolute atomic E-state index is 0.0736. The molecule has 0 aliphatic carbocycles. The number of aromatic nitrogens is 1. The van der Waals surface area contributed by atoms with Gasteiger partial charge in [-0.3, -0.25) is 0 Å². The van der Waals surface area contributed by atoms with E-state index in [1.807, 2.05) is 12.1 Å². The van der Waals surface area contributed by atoms with Crippen molar-refractivity contribution < 1.29 is 10.2 Å². The molecule has 0 aliphatic rings. The van der Waals surface area contributed by atoms with Crippen molar-refractivity contribution in [1.29, 1.82) is 0 Å². The van der Waals surface area contributed by atoms with E-state index in [-0.39, 0.29) is 6.61 Å². The second-order valence-corrected chi connectivity index (χ2v) is 7.35. The quantitative estimate of drug-likeness (QED) is 0.514. The third-order valence-corrected chi connectivity index (χ3v) is 4.84. The van der Waals surface area contributed by atoms with Crippen molar-refractivity contribution in [1.82, 2.24) is 9.88 Å². The fraction of sp³-hybridized carbons (Fsp3) is 0.294. The molecular weight excluding hydrogens is 424 g/mol. The molecule has 3 aromatic rings. The van der Waals surface area contributed by atoms with Crippen LogP contribution in [0.25, 0.3) is 21.8 Å². The van der Waals surface area contributed by atoms with Crippen molar-refractivity contribution in [2.75, 3.05) is 19.7 Å². The average Bonchev–Trinajstić information content (AvgIpc) is 2.80. The third kappa shape index (κ3) is 3.61. The second-order valence-electron chi connectivity index (χ2n) is 5.52. The number of rotatable bonds is 6. The molecule has 23 heavy (non-hydrogen) atoms. The van der Waals surface area contributed by atoms with Gasteiger partial charge in [-0.2, -0.15) is 0 Å². The van der Waals surface area contributed by atoms with Crippen LogP contribution in [0.5, 0.6) is 0 Å². The SMILES string of the molecule is OCCNCC(O)Cn1c2ccc(Br)cc2c2cc(Br)ccc21. The van der Waals surface area contributed by atoms with Crippen LogP contribution in [0.3, 0.4) is 0 Å². The van der Waals surface area contributed by atoms with E-state index in [1.165, 1.54) is 0 Å². The van der Waals surface area contributed by atoms with Gasteiger partial charge >= 0.3 is 0 Å². The van der Waals surface area contributed by atoms with Gasteiger partial charge in [0.05, 0.1) is 19.3 Å². The maximum Gasteiger partial charge on any atom is 0.0843 e. The zero-order valence-electron chi connectivity index (χ0n) is 12.5. The van der Waals surface area contributed by atoms with Crippen LogP contribution in [-0.2, 0) is 6.54 Å². The van der Waals surface area contributed by atoms with Gasteiger partial charge in [0.2, 0.25) is 0 Å². The maximum atomic E-state index is 10.3. The summed E-state index contributed by atoms with van der Waals surface area (Å²) in [7, 11) is 0. The molecule has 0 saturated heterocycles. The summed E-state index contributed by atoms with van der Waals surface area (Å²) < 4.78 is 4.22. The molecule has 1 unspecified atom stereocenters. The van der Waals surface area contributed by atoms with Crippen molar-refractivity contribution in [3.8, 4) is 0 Å². The molecule has 0 spiro atoms. The molecule has 3 rings (SSSR count). The average molecular weight is 442 g/mol. The van der Waals surface area contributed by atoms with Crippen LogP contribution in [0.2, 0.25) is 0 Å². The number of nitrogens with zero attached hydrogens (tertiary/aromatic N) is 1. The van der Waals surface area contributed by atoms with Gasteiger partial charge in [-0.25, -0.2) is 0 Å². The van der Waals surface area contributed by atoms with Crippen molar-refractivity contribution in [2.24, 2.45) is 0 Å². The standard InChI is InChI=1S/C17H18Br2N2O2/c18-11-1-3-16-14(7-11)15-8-12(19)2-4-17(15)21(16)10-13(23)9-20-5-6-22/h1-4,7-8,13,20,22-23H,5-6,9-10H2. The molecule has 1 atom stereocenters. The monoisotopic (exact) mass is 440 g/mol. The van der Waals surface area contributed by atoms with Crippen molar-refractivity contribution in [2.45, 2.75) is 12.6 Å². The smallest absolute Gasteiger partial charge is 0.0843 e. The maximum absolute atomic E-state index is 10.3. The highest BCUT2D eigenvalue weighted by atomic mass is 79.9. The van der Waals surface area contributed by atoms with Crippen LogP contribution in [0.1, 0.15) is 0 Å². The van der Waals surface area contributed by atoms with E-state index in [0.29, 0.717) is 19.6 Å². The Morgan fingerprint density at radius 1 is 1.00 bits per heavy atom. The third-order valence-electron chi connectivity index (χ3n) is 3.85. The highest BCUT2D eigenvalue weighted by Gasteiger charge is 2.14. The number of aliphatic hydroxyl groups is 2. The van der Waals surface area contributed by atoms with Crippen molar-refractivity contribution in [3.05, 3.63) is 45.3 Å². The van der Waals surface area contributed by atoms with Gasteiger partial charge in [0, 0.05) is 43.8 Å². The highest BCUT2D eigenvalue weighted by molar-refractivity contribution is 9.10. The molecule has 0 aliphatic heterocycles. The van der Waals surface area contributed by atoms with Crippen LogP contribution >= 0.6 is 31.9 Å². The van der Waals surface area contributed by atoms with Crippen molar-refractivity contribution in [3.63, 3.8) is 0 Å². The Bertz CT molecular complexity index is 773. The van der Waals surface area contributed by atoms with E-state index in [1.54, 1.807) is 0 Å². The summed E-state index contributed by atoms with van der Waals surface area (Å²) in [5.41, 5.74) is 2.20. The molecule has 3 N–H and O–H groups in total. The molecule has 0 amide bonds. The van der Waals surface area contributed by atoms with Gasteiger partial charge in [-0.1, -0.05) is 31.9 Å². The number of halogens is 2. The molecule has 6 heteroatoms. The summed E-state index contributed by atoms with van der Waals surface area (Å²) in [4.78, 5) is 0. The van der Waals surface area contributed by atoms with E-state index in [4.69, 9.17) is 5.11 Å². The first-order chi connectivity index (χ1) is 11.1. The largest absolute Gasteiger partial charge is 0.395 e. The topological polar surface area (TPSA) is 57.4 Å². The van der Waals surface area contributed by atoms with E-state index in [9.17, 15) is 5.11 Å². The van der Waals surface area contributed by atoms with Crippen LogP contribution < -0.4 is 5.32 Å². The molecule has 0 bridgehead atoms. The number of aliphatic hydroxyl groups excluding tert-OH is 2. The Balaban J connectivity index is 2.03. The summed E-state index contributed by atoms with van der Waals surface area (Å²) in [6.07, 6.45) is -0.521. The molecule has 0 fully saturated rings. The lowest BCUT2D eigenvalue weighted by Crippen LogP contribution is -2.31. The van der Waals surface area contributed by atoms with E-state index in [2.05, 4.69) is 66.0 Å².